The molecule has 0 radical (unpaired) electrons. The van der Waals surface area contributed by atoms with Gasteiger partial charge in [0.15, 0.2) is 6.61 Å². The maximum absolute atomic E-state index is 12.0. The quantitative estimate of drug-likeness (QED) is 0.530. The number of nitrogens with zero attached hydrogens (tertiary/aromatic N) is 1. The Morgan fingerprint density at radius 1 is 1.10 bits per heavy atom. The number of carboxylic acid groups (broad SMARTS) is 1. The van der Waals surface area contributed by atoms with E-state index in [1.165, 1.54) is 12.7 Å². The molecule has 7 heteroatoms. The average molecular weight is 411 g/mol. The van der Waals surface area contributed by atoms with Crippen LogP contribution in [0.3, 0.4) is 0 Å². The van der Waals surface area contributed by atoms with Crippen LogP contribution in [0.25, 0.3) is 0 Å². The van der Waals surface area contributed by atoms with Crippen LogP contribution in [0, 0.1) is 0 Å². The van der Waals surface area contributed by atoms with Crippen molar-refractivity contribution in [3.8, 4) is 11.5 Å². The van der Waals surface area contributed by atoms with E-state index in [1.807, 2.05) is 24.3 Å². The summed E-state index contributed by atoms with van der Waals surface area (Å²) in [4.78, 5) is 23.0. The highest BCUT2D eigenvalue weighted by Gasteiger charge is 2.13. The minimum absolute atomic E-state index is 0.0461. The van der Waals surface area contributed by atoms with Gasteiger partial charge in [-0.05, 0) is 53.8 Å². The molecule has 2 rings (SSSR count). The monoisotopic (exact) mass is 411 g/mol. The summed E-state index contributed by atoms with van der Waals surface area (Å²) in [5.41, 5.74) is 5.31. The molecule has 0 aliphatic heterocycles. The molecule has 0 spiro atoms. The van der Waals surface area contributed by atoms with Crippen LogP contribution in [0.5, 0.6) is 11.5 Å². The molecule has 2 aromatic rings. The molecule has 1 amide bonds. The van der Waals surface area contributed by atoms with Crippen molar-refractivity contribution in [2.45, 2.75) is 39.5 Å². The second-order valence-electron chi connectivity index (χ2n) is 7.87. The molecule has 7 nitrogen and oxygen atoms in total. The first-order valence-electron chi connectivity index (χ1n) is 9.53. The molecule has 0 bridgehead atoms. The summed E-state index contributed by atoms with van der Waals surface area (Å²) >= 11 is 0. The Hall–Kier alpha value is -3.35. The summed E-state index contributed by atoms with van der Waals surface area (Å²) in [7, 11) is 1.46. The van der Waals surface area contributed by atoms with Crippen LogP contribution in [0.2, 0.25) is 0 Å². The minimum Gasteiger partial charge on any atom is -0.550 e. The lowest BCUT2D eigenvalue weighted by atomic mass is 9.87. The van der Waals surface area contributed by atoms with Gasteiger partial charge < -0.3 is 19.4 Å². The number of carbonyl (C=O) groups is 2. The normalized spacial score (nSPS) is 11.7. The largest absolute Gasteiger partial charge is 0.550 e. The lowest BCUT2D eigenvalue weighted by Crippen LogP contribution is -2.26. The molecule has 0 aliphatic carbocycles. The van der Waals surface area contributed by atoms with E-state index < -0.39 is 11.9 Å². The van der Waals surface area contributed by atoms with Gasteiger partial charge in [-0.25, -0.2) is 5.43 Å². The second kappa shape index (κ2) is 9.91. The topological polar surface area (TPSA) is 100 Å². The van der Waals surface area contributed by atoms with Crippen molar-refractivity contribution in [1.29, 1.82) is 0 Å². The van der Waals surface area contributed by atoms with Gasteiger partial charge in [-0.3, -0.25) is 4.79 Å². The number of nitrogens with one attached hydrogen (secondary N) is 1. The van der Waals surface area contributed by atoms with Gasteiger partial charge in [-0.2, -0.15) is 5.10 Å². The minimum atomic E-state index is -1.21. The number of carbonyl (C=O) groups excluding carboxylic acids is 2. The van der Waals surface area contributed by atoms with Crippen molar-refractivity contribution in [2.75, 3.05) is 13.7 Å². The molecule has 1 N–H and O–H groups in total. The molecule has 0 fully saturated rings. The fraction of sp³-hybridized carbons (Fsp3) is 0.348. The molecule has 160 valence electrons. The number of methoxy groups -OCH3 is 1. The van der Waals surface area contributed by atoms with Crippen molar-refractivity contribution in [1.82, 2.24) is 5.43 Å². The lowest BCUT2D eigenvalue weighted by molar-refractivity contribution is -0.304. The number of ether oxygens (including phenoxy) is 2. The fourth-order valence-corrected chi connectivity index (χ4v) is 2.74. The SMILES string of the molecule is COc1ccc(/C(C)=N\NC(=O)COc2ccc(C(C)(C)C)cc2)cc1CC(=O)[O-]. The number of hydrazone groups is 1. The first kappa shape index (κ1) is 22.9. The highest BCUT2D eigenvalue weighted by molar-refractivity contribution is 5.99. The van der Waals surface area contributed by atoms with E-state index in [1.54, 1.807) is 25.1 Å². The Morgan fingerprint density at radius 2 is 1.77 bits per heavy atom. The summed E-state index contributed by atoms with van der Waals surface area (Å²) in [6.45, 7) is 7.91. The molecule has 0 atom stereocenters. The molecule has 2 aromatic carbocycles. The van der Waals surface area contributed by atoms with Gasteiger partial charge in [-0.15, -0.1) is 0 Å². The van der Waals surface area contributed by atoms with Crippen LogP contribution in [-0.4, -0.2) is 31.3 Å². The van der Waals surface area contributed by atoms with E-state index in [0.29, 0.717) is 28.3 Å². The van der Waals surface area contributed by atoms with Crippen molar-refractivity contribution >= 4 is 17.6 Å². The van der Waals surface area contributed by atoms with Crippen LogP contribution < -0.4 is 20.0 Å². The van der Waals surface area contributed by atoms with Crippen molar-refractivity contribution < 1.29 is 24.2 Å². The highest BCUT2D eigenvalue weighted by atomic mass is 16.5. The second-order valence-corrected chi connectivity index (χ2v) is 7.87. The maximum atomic E-state index is 12.0. The van der Waals surface area contributed by atoms with Gasteiger partial charge in [0, 0.05) is 18.0 Å². The van der Waals surface area contributed by atoms with Crippen LogP contribution in [-0.2, 0) is 21.4 Å². The molecule has 0 aromatic heterocycles. The lowest BCUT2D eigenvalue weighted by Gasteiger charge is -2.19. The zero-order valence-electron chi connectivity index (χ0n) is 17.9. The predicted molar refractivity (Wildman–Crippen MR) is 113 cm³/mol. The number of benzene rings is 2. The van der Waals surface area contributed by atoms with E-state index in [2.05, 4.69) is 31.3 Å². The Morgan fingerprint density at radius 3 is 2.33 bits per heavy atom. The third-order valence-electron chi connectivity index (χ3n) is 4.47. The summed E-state index contributed by atoms with van der Waals surface area (Å²) < 4.78 is 10.7. The Labute approximate surface area is 176 Å². The van der Waals surface area contributed by atoms with Gasteiger partial charge in [0.25, 0.3) is 5.91 Å². The Kier molecular flexibility index (Phi) is 7.58. The Balaban J connectivity index is 1.96. The predicted octanol–water partition coefficient (Wildman–Crippen LogP) is 2.20. The van der Waals surface area contributed by atoms with Crippen molar-refractivity contribution in [3.05, 3.63) is 59.2 Å². The first-order chi connectivity index (χ1) is 14.1. The number of carboxylic acids is 1. The molecule has 0 aliphatic rings. The number of hydrogen-bond acceptors (Lipinski definition) is 6. The fourth-order valence-electron chi connectivity index (χ4n) is 2.74. The Bertz CT molecular complexity index is 928. The van der Waals surface area contributed by atoms with Crippen LogP contribution in [0.4, 0.5) is 0 Å². The van der Waals surface area contributed by atoms with Crippen LogP contribution >= 0.6 is 0 Å². The number of aliphatic carboxylic acids is 1. The van der Waals surface area contributed by atoms with Gasteiger partial charge in [0.05, 0.1) is 12.8 Å². The number of amides is 1. The molecular weight excluding hydrogens is 384 g/mol. The first-order valence-corrected chi connectivity index (χ1v) is 9.53. The van der Waals surface area contributed by atoms with E-state index in [4.69, 9.17) is 9.47 Å². The summed E-state index contributed by atoms with van der Waals surface area (Å²) in [6, 6.07) is 12.6. The maximum Gasteiger partial charge on any atom is 0.277 e. The summed E-state index contributed by atoms with van der Waals surface area (Å²) in [6.07, 6.45) is -0.279. The van der Waals surface area contributed by atoms with Crippen LogP contribution in [0.1, 0.15) is 44.4 Å². The third-order valence-corrected chi connectivity index (χ3v) is 4.47. The highest BCUT2D eigenvalue weighted by Crippen LogP contribution is 2.24. The number of hydrogen-bond donors (Lipinski definition) is 1. The molecule has 0 saturated heterocycles. The van der Waals surface area contributed by atoms with Gasteiger partial charge in [0.1, 0.15) is 11.5 Å². The van der Waals surface area contributed by atoms with Crippen molar-refractivity contribution in [3.63, 3.8) is 0 Å². The number of rotatable bonds is 8. The summed E-state index contributed by atoms with van der Waals surface area (Å²) in [5, 5.41) is 15.0. The van der Waals surface area contributed by atoms with E-state index in [-0.39, 0.29) is 18.4 Å². The molecule has 0 heterocycles. The van der Waals surface area contributed by atoms with Gasteiger partial charge >= 0.3 is 0 Å². The zero-order valence-corrected chi connectivity index (χ0v) is 17.9. The van der Waals surface area contributed by atoms with Gasteiger partial charge in [0.2, 0.25) is 0 Å². The molecule has 0 saturated carbocycles. The van der Waals surface area contributed by atoms with Crippen LogP contribution in [0.15, 0.2) is 47.6 Å². The molecular formula is C23H27N2O5-. The summed E-state index contributed by atoms with van der Waals surface area (Å²) in [5.74, 6) is -0.565. The standard InChI is InChI=1S/C23H28N2O5/c1-15(16-6-11-20(29-5)17(12-16)13-22(27)28)24-25-21(26)14-30-19-9-7-18(8-10-19)23(2,3)4/h6-12H,13-14H2,1-5H3,(H,25,26)(H,27,28)/p-1/b24-15-. The van der Waals surface area contributed by atoms with E-state index >= 15 is 0 Å². The van der Waals surface area contributed by atoms with E-state index in [0.717, 1.165) is 0 Å². The van der Waals surface area contributed by atoms with Gasteiger partial charge in [-0.1, -0.05) is 32.9 Å². The zero-order chi connectivity index (χ0) is 22.3. The van der Waals surface area contributed by atoms with Crippen molar-refractivity contribution in [2.24, 2.45) is 5.10 Å². The third kappa shape index (κ3) is 6.62. The molecule has 0 unspecified atom stereocenters. The van der Waals surface area contributed by atoms with E-state index in [9.17, 15) is 14.7 Å². The smallest absolute Gasteiger partial charge is 0.277 e. The molecule has 30 heavy (non-hydrogen) atoms. The average Bonchev–Trinajstić information content (AvgIpc) is 2.69.